The van der Waals surface area contributed by atoms with Gasteiger partial charge in [-0.2, -0.15) is 0 Å². The zero-order valence-corrected chi connectivity index (χ0v) is 36.3. The first kappa shape index (κ1) is 52.8. The number of aromatic hydroxyl groups is 1. The third kappa shape index (κ3) is 19.5. The summed E-state index contributed by atoms with van der Waals surface area (Å²) in [4.78, 5) is 71.9. The van der Waals surface area contributed by atoms with Gasteiger partial charge in [0.05, 0.1) is 18.0 Å². The molecule has 4 aromatic carbocycles. The van der Waals surface area contributed by atoms with E-state index in [-0.39, 0.29) is 34.9 Å². The minimum absolute atomic E-state index is 0.122. The molecule has 63 heavy (non-hydrogen) atoms. The molecule has 2 atom stereocenters. The fraction of sp³-hybridized carbons (Fsp3) is 0.348. The number of ketones is 2. The number of nitrogens with one attached hydrogen (secondary N) is 4. The largest absolute Gasteiger partial charge is 0.503 e. The van der Waals surface area contributed by atoms with E-state index in [4.69, 9.17) is 21.4 Å². The SMILES string of the molecule is CCCCC[C@H](NC(=O)c1cccc(NC(C)=O)c1)C(=O)CCl.CCCCC[C@H](NC(=O)c1cccc(NC(C)=O)c1)C(=O)COc1c(F)cccc1F.Oc1c(F)cccc1F. The van der Waals surface area contributed by atoms with E-state index in [1.807, 2.05) is 6.92 Å². The van der Waals surface area contributed by atoms with Crippen LogP contribution in [0, 0.1) is 23.3 Å². The highest BCUT2D eigenvalue weighted by Gasteiger charge is 2.24. The Hall–Kier alpha value is -6.29. The Bertz CT molecular complexity index is 2120. The van der Waals surface area contributed by atoms with Crippen molar-refractivity contribution in [1.29, 1.82) is 0 Å². The smallest absolute Gasteiger partial charge is 0.251 e. The summed E-state index contributed by atoms with van der Waals surface area (Å²) in [5, 5.41) is 19.1. The number of ether oxygens (including phenoxy) is 1. The number of Topliss-reactive ketones (excluding diaryl/α,β-unsaturated/α-hetero) is 2. The lowest BCUT2D eigenvalue weighted by Gasteiger charge is -2.18. The van der Waals surface area contributed by atoms with E-state index in [0.29, 0.717) is 36.2 Å². The molecule has 0 unspecified atom stereocenters. The number of hydrogen-bond acceptors (Lipinski definition) is 8. The van der Waals surface area contributed by atoms with Crippen molar-refractivity contribution in [2.75, 3.05) is 23.1 Å². The van der Waals surface area contributed by atoms with Crippen LogP contribution >= 0.6 is 11.6 Å². The highest BCUT2D eigenvalue weighted by molar-refractivity contribution is 6.28. The van der Waals surface area contributed by atoms with Gasteiger partial charge in [0.25, 0.3) is 11.8 Å². The van der Waals surface area contributed by atoms with Crippen LogP contribution in [-0.2, 0) is 19.2 Å². The summed E-state index contributed by atoms with van der Waals surface area (Å²) in [5.74, 6) is -7.37. The third-order valence-corrected chi connectivity index (χ3v) is 9.08. The van der Waals surface area contributed by atoms with Gasteiger partial charge in [-0.3, -0.25) is 28.8 Å². The fourth-order valence-electron chi connectivity index (χ4n) is 5.64. The lowest BCUT2D eigenvalue weighted by molar-refractivity contribution is -0.123. The molecule has 12 nitrogen and oxygen atoms in total. The van der Waals surface area contributed by atoms with Crippen molar-refractivity contribution in [3.05, 3.63) is 119 Å². The maximum absolute atomic E-state index is 13.7. The van der Waals surface area contributed by atoms with Crippen LogP contribution in [-0.4, -0.2) is 64.9 Å². The van der Waals surface area contributed by atoms with E-state index in [9.17, 15) is 46.3 Å². The van der Waals surface area contributed by atoms with Gasteiger partial charge >= 0.3 is 0 Å². The van der Waals surface area contributed by atoms with Gasteiger partial charge in [0.1, 0.15) is 6.61 Å². The molecule has 4 rings (SSSR count). The zero-order valence-electron chi connectivity index (χ0n) is 35.5. The normalized spacial score (nSPS) is 11.3. The summed E-state index contributed by atoms with van der Waals surface area (Å²) in [6, 6.07) is 17.8. The Labute approximate surface area is 369 Å². The summed E-state index contributed by atoms with van der Waals surface area (Å²) in [6.07, 6.45) is 6.31. The molecule has 0 aliphatic carbocycles. The van der Waals surface area contributed by atoms with E-state index in [1.54, 1.807) is 42.5 Å². The topological polar surface area (TPSA) is 180 Å². The van der Waals surface area contributed by atoms with Gasteiger partial charge in [-0.25, -0.2) is 17.6 Å². The van der Waals surface area contributed by atoms with Crippen LogP contribution in [0.15, 0.2) is 84.9 Å². The molecule has 0 aliphatic rings. The molecule has 340 valence electrons. The van der Waals surface area contributed by atoms with Gasteiger partial charge in [0.2, 0.25) is 11.8 Å². The fourth-order valence-corrected chi connectivity index (χ4v) is 5.82. The molecular formula is C46H53ClF4N4O8. The number of amides is 4. The van der Waals surface area contributed by atoms with Crippen LogP contribution < -0.4 is 26.0 Å². The first-order valence-electron chi connectivity index (χ1n) is 20.2. The van der Waals surface area contributed by atoms with Crippen molar-refractivity contribution in [2.45, 2.75) is 91.1 Å². The van der Waals surface area contributed by atoms with Gasteiger partial charge in [-0.15, -0.1) is 11.6 Å². The van der Waals surface area contributed by atoms with E-state index < -0.39 is 65.1 Å². The average Bonchev–Trinajstić information content (AvgIpc) is 3.24. The maximum atomic E-state index is 13.7. The van der Waals surface area contributed by atoms with E-state index >= 15 is 0 Å². The van der Waals surface area contributed by atoms with Crippen LogP contribution in [0.1, 0.15) is 99.8 Å². The lowest BCUT2D eigenvalue weighted by Crippen LogP contribution is -2.43. The highest BCUT2D eigenvalue weighted by Crippen LogP contribution is 2.22. The van der Waals surface area contributed by atoms with Crippen LogP contribution in [0.25, 0.3) is 0 Å². The minimum atomic E-state index is -0.935. The Morgan fingerprint density at radius 1 is 0.603 bits per heavy atom. The number of anilines is 2. The summed E-state index contributed by atoms with van der Waals surface area (Å²) >= 11 is 5.62. The number of benzene rings is 4. The summed E-state index contributed by atoms with van der Waals surface area (Å²) in [7, 11) is 0. The monoisotopic (exact) mass is 900 g/mol. The number of unbranched alkanes of at least 4 members (excludes halogenated alkanes) is 4. The van der Waals surface area contributed by atoms with Crippen molar-refractivity contribution in [2.24, 2.45) is 0 Å². The summed E-state index contributed by atoms with van der Waals surface area (Å²) < 4.78 is 56.7. The quantitative estimate of drug-likeness (QED) is 0.0331. The molecule has 0 aliphatic heterocycles. The van der Waals surface area contributed by atoms with Crippen LogP contribution in [0.4, 0.5) is 28.9 Å². The minimum Gasteiger partial charge on any atom is -0.503 e. The van der Waals surface area contributed by atoms with Crippen LogP contribution in [0.5, 0.6) is 11.5 Å². The van der Waals surface area contributed by atoms with Crippen molar-refractivity contribution >= 4 is 58.2 Å². The molecule has 0 aromatic heterocycles. The number of carbonyl (C=O) groups excluding carboxylic acids is 6. The number of para-hydroxylation sites is 2. The third-order valence-electron chi connectivity index (χ3n) is 8.82. The van der Waals surface area contributed by atoms with E-state index in [1.165, 1.54) is 32.0 Å². The lowest BCUT2D eigenvalue weighted by atomic mass is 10.0. The molecule has 0 spiro atoms. The van der Waals surface area contributed by atoms with E-state index in [2.05, 4.69) is 28.2 Å². The maximum Gasteiger partial charge on any atom is 0.251 e. The molecular weight excluding hydrogens is 848 g/mol. The molecule has 4 amide bonds. The van der Waals surface area contributed by atoms with Crippen LogP contribution in [0.2, 0.25) is 0 Å². The molecule has 0 radical (unpaired) electrons. The Morgan fingerprint density at radius 2 is 1.00 bits per heavy atom. The number of rotatable bonds is 20. The van der Waals surface area contributed by atoms with Gasteiger partial charge < -0.3 is 31.1 Å². The Morgan fingerprint density at radius 3 is 1.38 bits per heavy atom. The second-order valence-electron chi connectivity index (χ2n) is 14.0. The average molecular weight is 901 g/mol. The molecule has 17 heteroatoms. The molecule has 0 fully saturated rings. The highest BCUT2D eigenvalue weighted by atomic mass is 35.5. The molecule has 0 saturated carbocycles. The summed E-state index contributed by atoms with van der Waals surface area (Å²) in [6.45, 7) is 6.25. The number of carbonyl (C=O) groups is 6. The van der Waals surface area contributed by atoms with Crippen molar-refractivity contribution in [3.63, 3.8) is 0 Å². The number of hydrogen-bond donors (Lipinski definition) is 5. The molecule has 0 saturated heterocycles. The predicted molar refractivity (Wildman–Crippen MR) is 233 cm³/mol. The van der Waals surface area contributed by atoms with Crippen molar-refractivity contribution in [1.82, 2.24) is 10.6 Å². The number of halogens is 5. The van der Waals surface area contributed by atoms with Gasteiger partial charge in [0.15, 0.2) is 46.3 Å². The second-order valence-corrected chi connectivity index (χ2v) is 14.3. The zero-order chi connectivity index (χ0) is 46.9. The standard InChI is InChI=1S/C23H26F2N2O4.C17H23ClN2O3.C6H4F2O/c1-3-4-5-12-20(21(29)14-31-22-18(24)10-7-11-19(22)25)27-23(30)16-8-6-9-17(13-16)26-15(2)28;1-3-4-5-9-15(16(22)11-18)20-17(23)13-7-6-8-14(10-13)19-12(2)21;7-4-2-1-3-5(8)6(4)9/h6-11,13,20H,3-5,12,14H2,1-2H3,(H,26,28)(H,27,30);6-8,10,15H,3-5,9,11H2,1-2H3,(H,19,21)(H,20,23);1-3,9H/t20-;15-;/m00./s1. The predicted octanol–water partition coefficient (Wildman–Crippen LogP) is 9.05. The van der Waals surface area contributed by atoms with Gasteiger partial charge in [-0.1, -0.05) is 76.6 Å². The molecule has 5 N–H and O–H groups in total. The molecule has 0 bridgehead atoms. The van der Waals surface area contributed by atoms with E-state index in [0.717, 1.165) is 56.4 Å². The molecule has 0 heterocycles. The van der Waals surface area contributed by atoms with Crippen LogP contribution in [0.3, 0.4) is 0 Å². The summed E-state index contributed by atoms with van der Waals surface area (Å²) in [5.41, 5.74) is 1.64. The molecule has 4 aromatic rings. The number of alkyl halides is 1. The second kappa shape index (κ2) is 28.3. The van der Waals surface area contributed by atoms with Gasteiger partial charge in [0, 0.05) is 36.3 Å². The number of phenols is 1. The van der Waals surface area contributed by atoms with Crippen molar-refractivity contribution < 1.29 is 56.2 Å². The van der Waals surface area contributed by atoms with Gasteiger partial charge in [-0.05, 0) is 73.5 Å². The Balaban J connectivity index is 0.000000372. The first-order valence-corrected chi connectivity index (χ1v) is 20.7. The van der Waals surface area contributed by atoms with Crippen molar-refractivity contribution in [3.8, 4) is 11.5 Å². The Kier molecular flexibility index (Phi) is 23.8. The first-order chi connectivity index (χ1) is 30.0. The number of phenolic OH excluding ortho intramolecular Hbond substituents is 1.